The summed E-state index contributed by atoms with van der Waals surface area (Å²) in [5, 5.41) is 4.64. The Hall–Kier alpha value is -7.62. The number of hydrogen-bond acceptors (Lipinski definition) is 2. The van der Waals surface area contributed by atoms with Gasteiger partial charge in [0, 0.05) is 55.3 Å². The maximum absolute atomic E-state index is 6.55. The number of rotatable bonds is 6. The molecule has 2 aromatic heterocycles. The molecule has 60 heavy (non-hydrogen) atoms. The number of benzene rings is 9. The van der Waals surface area contributed by atoms with Crippen LogP contribution in [0.15, 0.2) is 211 Å². The van der Waals surface area contributed by atoms with Crippen molar-refractivity contribution >= 4 is 60.8 Å². The Morgan fingerprint density at radius 1 is 0.400 bits per heavy atom. The number of aromatic nitrogens is 1. The van der Waals surface area contributed by atoms with Gasteiger partial charge in [0.1, 0.15) is 11.2 Å². The standard InChI is InChI=1S/C57H40N2O/c1-57(2)51-22-11-9-18-45(51)46-31-29-43(36-52(46)57)58(41-27-24-38(25-28-41)37-14-5-3-6-15-37)42-30-33-54-50(35-42)49-34-39(26-32-53(49)59(54)40-16-7-4-8-17-40)44-20-13-21-48-47-19-10-12-23-55(47)60-56(44)48/h3-36H,1-2H3. The van der Waals surface area contributed by atoms with Crippen LogP contribution in [0.3, 0.4) is 0 Å². The first-order valence-corrected chi connectivity index (χ1v) is 20.8. The summed E-state index contributed by atoms with van der Waals surface area (Å²) in [6, 6.07) is 74.9. The van der Waals surface area contributed by atoms with Crippen molar-refractivity contribution in [3.05, 3.63) is 217 Å². The highest BCUT2D eigenvalue weighted by Gasteiger charge is 2.35. The van der Waals surface area contributed by atoms with Crippen LogP contribution in [0.1, 0.15) is 25.0 Å². The average molecular weight is 769 g/mol. The van der Waals surface area contributed by atoms with Gasteiger partial charge in [-0.05, 0) is 112 Å². The first-order chi connectivity index (χ1) is 29.5. The van der Waals surface area contributed by atoms with Crippen LogP contribution >= 0.6 is 0 Å². The molecule has 0 spiro atoms. The summed E-state index contributed by atoms with van der Waals surface area (Å²) in [7, 11) is 0. The minimum Gasteiger partial charge on any atom is -0.455 e. The first kappa shape index (κ1) is 34.4. The maximum Gasteiger partial charge on any atom is 0.143 e. The lowest BCUT2D eigenvalue weighted by Gasteiger charge is -2.28. The summed E-state index contributed by atoms with van der Waals surface area (Å²) in [4.78, 5) is 2.43. The van der Waals surface area contributed by atoms with Crippen molar-refractivity contribution in [2.45, 2.75) is 19.3 Å². The van der Waals surface area contributed by atoms with Crippen LogP contribution in [0.2, 0.25) is 0 Å². The molecule has 3 heteroatoms. The maximum atomic E-state index is 6.55. The fourth-order valence-corrected chi connectivity index (χ4v) is 9.86. The molecule has 0 atom stereocenters. The Labute approximate surface area is 349 Å². The summed E-state index contributed by atoms with van der Waals surface area (Å²) >= 11 is 0. The van der Waals surface area contributed by atoms with Crippen LogP contribution in [0.5, 0.6) is 0 Å². The Morgan fingerprint density at radius 2 is 0.983 bits per heavy atom. The molecule has 9 aromatic carbocycles. The number of nitrogens with zero attached hydrogens (tertiary/aromatic N) is 2. The van der Waals surface area contributed by atoms with Crippen LogP contribution < -0.4 is 4.90 Å². The van der Waals surface area contributed by atoms with Gasteiger partial charge in [-0.1, -0.05) is 147 Å². The van der Waals surface area contributed by atoms with E-state index >= 15 is 0 Å². The molecule has 0 saturated carbocycles. The van der Waals surface area contributed by atoms with Gasteiger partial charge < -0.3 is 13.9 Å². The van der Waals surface area contributed by atoms with Crippen molar-refractivity contribution in [2.24, 2.45) is 0 Å². The second-order valence-electron chi connectivity index (χ2n) is 16.5. The predicted octanol–water partition coefficient (Wildman–Crippen LogP) is 15.8. The second-order valence-corrected chi connectivity index (χ2v) is 16.5. The van der Waals surface area contributed by atoms with Gasteiger partial charge in [0.25, 0.3) is 0 Å². The zero-order chi connectivity index (χ0) is 40.0. The molecule has 0 N–H and O–H groups in total. The van der Waals surface area contributed by atoms with Crippen molar-refractivity contribution in [2.75, 3.05) is 4.90 Å². The summed E-state index contributed by atoms with van der Waals surface area (Å²) in [5.41, 5.74) is 18.4. The van der Waals surface area contributed by atoms with Crippen molar-refractivity contribution in [1.29, 1.82) is 0 Å². The Bertz CT molecular complexity index is 3450. The molecule has 11 aromatic rings. The Kier molecular flexibility index (Phi) is 7.58. The number of para-hydroxylation sites is 3. The van der Waals surface area contributed by atoms with Gasteiger partial charge in [-0.15, -0.1) is 0 Å². The van der Waals surface area contributed by atoms with E-state index in [4.69, 9.17) is 4.42 Å². The first-order valence-electron chi connectivity index (χ1n) is 20.8. The molecule has 284 valence electrons. The van der Waals surface area contributed by atoms with Crippen LogP contribution in [0.25, 0.3) is 82.8 Å². The van der Waals surface area contributed by atoms with Gasteiger partial charge in [0.05, 0.1) is 11.0 Å². The molecule has 1 aliphatic carbocycles. The SMILES string of the molecule is CC1(C)c2ccccc2-c2ccc(N(c3ccc(-c4ccccc4)cc3)c3ccc4c(c3)c3cc(-c5cccc6c5oc5ccccc56)ccc3n4-c3ccccc3)cc21. The fraction of sp³-hybridized carbons (Fsp3) is 0.0526. The van der Waals surface area contributed by atoms with Crippen molar-refractivity contribution in [3.8, 4) is 39.1 Å². The lowest BCUT2D eigenvalue weighted by Crippen LogP contribution is -2.16. The van der Waals surface area contributed by atoms with E-state index in [1.165, 1.54) is 44.2 Å². The second kappa shape index (κ2) is 13.2. The normalized spacial score (nSPS) is 13.0. The third-order valence-electron chi connectivity index (χ3n) is 12.8. The van der Waals surface area contributed by atoms with Gasteiger partial charge in [0.15, 0.2) is 0 Å². The lowest BCUT2D eigenvalue weighted by molar-refractivity contribution is 0.660. The van der Waals surface area contributed by atoms with Crippen LogP contribution in [-0.2, 0) is 5.41 Å². The smallest absolute Gasteiger partial charge is 0.143 e. The minimum absolute atomic E-state index is 0.128. The molecule has 0 saturated heterocycles. The Balaban J connectivity index is 1.08. The van der Waals surface area contributed by atoms with Gasteiger partial charge in [-0.25, -0.2) is 0 Å². The third-order valence-corrected chi connectivity index (χ3v) is 12.8. The molecular formula is C57H40N2O. The highest BCUT2D eigenvalue weighted by atomic mass is 16.3. The number of hydrogen-bond donors (Lipinski definition) is 0. The third kappa shape index (κ3) is 5.22. The quantitative estimate of drug-likeness (QED) is 0.168. The number of anilines is 3. The summed E-state index contributed by atoms with van der Waals surface area (Å²) in [6.45, 7) is 4.71. The molecule has 0 radical (unpaired) electrons. The van der Waals surface area contributed by atoms with E-state index in [1.54, 1.807) is 0 Å². The lowest BCUT2D eigenvalue weighted by atomic mass is 9.82. The molecule has 0 unspecified atom stereocenters. The summed E-state index contributed by atoms with van der Waals surface area (Å²) < 4.78 is 8.95. The predicted molar refractivity (Wildman–Crippen MR) is 251 cm³/mol. The van der Waals surface area contributed by atoms with Gasteiger partial charge in [0.2, 0.25) is 0 Å². The Morgan fingerprint density at radius 3 is 1.82 bits per heavy atom. The van der Waals surface area contributed by atoms with E-state index in [2.05, 4.69) is 224 Å². The number of fused-ring (bicyclic) bond motifs is 9. The molecular weight excluding hydrogens is 729 g/mol. The monoisotopic (exact) mass is 768 g/mol. The summed E-state index contributed by atoms with van der Waals surface area (Å²) in [6.07, 6.45) is 0. The van der Waals surface area contributed by atoms with Crippen molar-refractivity contribution in [3.63, 3.8) is 0 Å². The van der Waals surface area contributed by atoms with Crippen molar-refractivity contribution in [1.82, 2.24) is 4.57 Å². The van der Waals surface area contributed by atoms with Crippen molar-refractivity contribution < 1.29 is 4.42 Å². The zero-order valence-corrected chi connectivity index (χ0v) is 33.4. The fourth-order valence-electron chi connectivity index (χ4n) is 9.86. The van der Waals surface area contributed by atoms with Gasteiger partial charge >= 0.3 is 0 Å². The molecule has 3 nitrogen and oxygen atoms in total. The molecule has 0 aliphatic heterocycles. The van der Waals surface area contributed by atoms with E-state index in [0.717, 1.165) is 66.8 Å². The van der Waals surface area contributed by atoms with Gasteiger partial charge in [-0.3, -0.25) is 0 Å². The topological polar surface area (TPSA) is 21.3 Å². The van der Waals surface area contributed by atoms with E-state index < -0.39 is 0 Å². The van der Waals surface area contributed by atoms with E-state index in [9.17, 15) is 0 Å². The average Bonchev–Trinajstić information content (AvgIpc) is 3.92. The van der Waals surface area contributed by atoms with Crippen LogP contribution in [-0.4, -0.2) is 4.57 Å². The largest absolute Gasteiger partial charge is 0.455 e. The van der Waals surface area contributed by atoms with E-state index in [-0.39, 0.29) is 5.41 Å². The number of furan rings is 1. The molecule has 1 aliphatic rings. The highest BCUT2D eigenvalue weighted by Crippen LogP contribution is 2.51. The molecule has 2 heterocycles. The molecule has 0 fully saturated rings. The molecule has 0 amide bonds. The van der Waals surface area contributed by atoms with E-state index in [1.807, 2.05) is 6.07 Å². The molecule has 12 rings (SSSR count). The zero-order valence-electron chi connectivity index (χ0n) is 33.4. The van der Waals surface area contributed by atoms with Crippen LogP contribution in [0.4, 0.5) is 17.1 Å². The highest BCUT2D eigenvalue weighted by molar-refractivity contribution is 6.14. The van der Waals surface area contributed by atoms with Gasteiger partial charge in [-0.2, -0.15) is 0 Å². The van der Waals surface area contributed by atoms with E-state index in [0.29, 0.717) is 0 Å². The molecule has 0 bridgehead atoms. The minimum atomic E-state index is -0.128. The summed E-state index contributed by atoms with van der Waals surface area (Å²) in [5.74, 6) is 0. The van der Waals surface area contributed by atoms with Crippen LogP contribution in [0, 0.1) is 0 Å².